The summed E-state index contributed by atoms with van der Waals surface area (Å²) in [6, 6.07) is 19.8. The Balaban J connectivity index is 1.46. The largest absolute Gasteiger partial charge is 0.488 e. The smallest absolute Gasteiger partial charge is 0.439 e. The fraction of sp³-hybridized carbons (Fsp3) is 0.314. The highest BCUT2D eigenvalue weighted by Gasteiger charge is 2.19. The highest BCUT2D eigenvalue weighted by molar-refractivity contribution is 5.80. The van der Waals surface area contributed by atoms with Crippen LogP contribution in [0.3, 0.4) is 0 Å². The second kappa shape index (κ2) is 12.8. The molecule has 5 rings (SSSR count). The Labute approximate surface area is 255 Å². The maximum Gasteiger partial charge on any atom is 0.439 e. The van der Waals surface area contributed by atoms with Gasteiger partial charge in [0.15, 0.2) is 5.82 Å². The molecule has 44 heavy (non-hydrogen) atoms. The van der Waals surface area contributed by atoms with Crippen LogP contribution in [-0.2, 0) is 25.8 Å². The van der Waals surface area contributed by atoms with Crippen LogP contribution in [0, 0.1) is 5.82 Å². The Bertz CT molecular complexity index is 1880. The van der Waals surface area contributed by atoms with Crippen molar-refractivity contribution in [2.24, 2.45) is 0 Å². The van der Waals surface area contributed by atoms with Crippen molar-refractivity contribution in [2.75, 3.05) is 0 Å². The molecule has 2 aromatic heterocycles. The first-order chi connectivity index (χ1) is 21.1. The van der Waals surface area contributed by atoms with Gasteiger partial charge in [-0.2, -0.15) is 0 Å². The highest BCUT2D eigenvalue weighted by atomic mass is 19.1. The van der Waals surface area contributed by atoms with Gasteiger partial charge in [-0.05, 0) is 80.5 Å². The van der Waals surface area contributed by atoms with Crippen LogP contribution in [0.1, 0.15) is 58.1 Å². The number of aryl methyl sites for hydroxylation is 3. The Morgan fingerprint density at radius 3 is 2.25 bits per heavy atom. The number of nitrogens with one attached hydrogen (secondary N) is 1. The van der Waals surface area contributed by atoms with Crippen LogP contribution in [-0.4, -0.2) is 25.3 Å². The molecular weight excluding hydrogens is 559 g/mol. The standard InChI is InChI=1S/C35H37FN4O4/c1-6-10-30-37-29(7-2)31(23-15-17-25(18-16-23)43-35(3,4)5)33(41)40(30)20-19-22-13-14-24(21-28(22)36)26-11-8-9-12-27(26)32-38-34(42)44-39-32/h8-9,11-18,21H,6-7,10,19-20H2,1-5H3,(H,38,39,42). The van der Waals surface area contributed by atoms with E-state index in [9.17, 15) is 9.59 Å². The summed E-state index contributed by atoms with van der Waals surface area (Å²) in [6.45, 7) is 10.3. The van der Waals surface area contributed by atoms with Crippen molar-refractivity contribution in [3.05, 3.63) is 111 Å². The molecule has 5 aromatic rings. The maximum atomic E-state index is 15.5. The van der Waals surface area contributed by atoms with Crippen LogP contribution < -0.4 is 16.1 Å². The summed E-state index contributed by atoms with van der Waals surface area (Å²) in [6.07, 6.45) is 2.39. The lowest BCUT2D eigenvalue weighted by Gasteiger charge is -2.21. The summed E-state index contributed by atoms with van der Waals surface area (Å²) >= 11 is 0. The average Bonchev–Trinajstić information content (AvgIpc) is 3.43. The third kappa shape index (κ3) is 6.72. The topological polar surface area (TPSA) is 103 Å². The van der Waals surface area contributed by atoms with Gasteiger partial charge >= 0.3 is 5.76 Å². The number of halogens is 1. The first-order valence-corrected chi connectivity index (χ1v) is 14.9. The van der Waals surface area contributed by atoms with E-state index in [2.05, 4.69) is 21.6 Å². The Morgan fingerprint density at radius 1 is 0.932 bits per heavy atom. The molecule has 0 bridgehead atoms. The molecular formula is C35H37FN4O4. The number of ether oxygens (including phenoxy) is 1. The monoisotopic (exact) mass is 596 g/mol. The zero-order valence-electron chi connectivity index (χ0n) is 25.7. The number of rotatable bonds is 10. The fourth-order valence-corrected chi connectivity index (χ4v) is 5.32. The van der Waals surface area contributed by atoms with E-state index in [4.69, 9.17) is 9.72 Å². The molecule has 0 saturated carbocycles. The van der Waals surface area contributed by atoms with Crippen LogP contribution >= 0.6 is 0 Å². The second-order valence-corrected chi connectivity index (χ2v) is 11.7. The molecule has 0 atom stereocenters. The Morgan fingerprint density at radius 2 is 1.64 bits per heavy atom. The van der Waals surface area contributed by atoms with E-state index in [1.54, 1.807) is 16.7 Å². The molecule has 1 N–H and O–H groups in total. The summed E-state index contributed by atoms with van der Waals surface area (Å²) in [5.41, 5.74) is 4.07. The summed E-state index contributed by atoms with van der Waals surface area (Å²) < 4.78 is 27.9. The molecule has 228 valence electrons. The van der Waals surface area contributed by atoms with Gasteiger partial charge in [0, 0.05) is 18.5 Å². The Hall–Kier alpha value is -4.79. The number of aromatic nitrogens is 4. The van der Waals surface area contributed by atoms with E-state index < -0.39 is 5.76 Å². The minimum atomic E-state index is -0.662. The lowest BCUT2D eigenvalue weighted by atomic mass is 9.97. The fourth-order valence-electron chi connectivity index (χ4n) is 5.32. The van der Waals surface area contributed by atoms with Crippen molar-refractivity contribution < 1.29 is 13.7 Å². The first kappa shape index (κ1) is 30.7. The number of aromatic amines is 1. The van der Waals surface area contributed by atoms with E-state index in [0.29, 0.717) is 52.9 Å². The van der Waals surface area contributed by atoms with Crippen molar-refractivity contribution in [2.45, 2.75) is 72.4 Å². The van der Waals surface area contributed by atoms with Crippen LogP contribution in [0.15, 0.2) is 80.8 Å². The predicted molar refractivity (Wildman–Crippen MR) is 169 cm³/mol. The van der Waals surface area contributed by atoms with Crippen molar-refractivity contribution in [1.82, 2.24) is 19.7 Å². The van der Waals surface area contributed by atoms with Crippen LogP contribution in [0.2, 0.25) is 0 Å². The quantitative estimate of drug-likeness (QED) is 0.186. The van der Waals surface area contributed by atoms with Gasteiger partial charge in [-0.25, -0.2) is 14.2 Å². The van der Waals surface area contributed by atoms with Gasteiger partial charge in [-0.15, -0.1) is 0 Å². The molecule has 0 fully saturated rings. The Kier molecular flexibility index (Phi) is 8.94. The molecule has 0 aliphatic heterocycles. The van der Waals surface area contributed by atoms with Gasteiger partial charge in [0.05, 0.1) is 11.3 Å². The van der Waals surface area contributed by atoms with Gasteiger partial charge in [-0.1, -0.05) is 67.5 Å². The van der Waals surface area contributed by atoms with Gasteiger partial charge < -0.3 is 4.74 Å². The minimum absolute atomic E-state index is 0.127. The second-order valence-electron chi connectivity index (χ2n) is 11.7. The molecule has 9 heteroatoms. The van der Waals surface area contributed by atoms with Crippen molar-refractivity contribution >= 4 is 0 Å². The minimum Gasteiger partial charge on any atom is -0.488 e. The highest BCUT2D eigenvalue weighted by Crippen LogP contribution is 2.31. The molecule has 0 aliphatic carbocycles. The van der Waals surface area contributed by atoms with Gasteiger partial charge in [0.1, 0.15) is 23.0 Å². The molecule has 0 saturated heterocycles. The van der Waals surface area contributed by atoms with E-state index in [1.807, 2.05) is 76.2 Å². The van der Waals surface area contributed by atoms with Gasteiger partial charge in [0.2, 0.25) is 0 Å². The van der Waals surface area contributed by atoms with Gasteiger partial charge in [0.25, 0.3) is 5.56 Å². The number of nitrogens with zero attached hydrogens (tertiary/aromatic N) is 3. The van der Waals surface area contributed by atoms with Crippen molar-refractivity contribution in [3.8, 4) is 39.4 Å². The molecule has 0 spiro atoms. The summed E-state index contributed by atoms with van der Waals surface area (Å²) in [4.78, 5) is 33.0. The lowest BCUT2D eigenvalue weighted by Crippen LogP contribution is -2.29. The molecule has 0 amide bonds. The van der Waals surface area contributed by atoms with Crippen molar-refractivity contribution in [1.29, 1.82) is 0 Å². The molecule has 3 aromatic carbocycles. The molecule has 8 nitrogen and oxygen atoms in total. The number of hydrogen-bond donors (Lipinski definition) is 1. The molecule has 0 radical (unpaired) electrons. The third-order valence-electron chi connectivity index (χ3n) is 7.29. The SMILES string of the molecule is CCCc1nc(CC)c(-c2ccc(OC(C)(C)C)cc2)c(=O)n1CCc1ccc(-c2ccccc2-c2noc(=O)[nH]2)cc1F. The van der Waals surface area contributed by atoms with Gasteiger partial charge in [-0.3, -0.25) is 18.9 Å². The number of benzene rings is 3. The molecule has 0 aliphatic rings. The lowest BCUT2D eigenvalue weighted by molar-refractivity contribution is 0.131. The maximum absolute atomic E-state index is 15.5. The van der Waals surface area contributed by atoms with E-state index in [0.717, 1.165) is 23.4 Å². The number of hydrogen-bond acceptors (Lipinski definition) is 6. The first-order valence-electron chi connectivity index (χ1n) is 14.9. The van der Waals surface area contributed by atoms with E-state index in [-0.39, 0.29) is 29.3 Å². The summed E-state index contributed by atoms with van der Waals surface area (Å²) in [5.74, 6) is 0.659. The summed E-state index contributed by atoms with van der Waals surface area (Å²) in [7, 11) is 0. The van der Waals surface area contributed by atoms with Crippen molar-refractivity contribution in [3.63, 3.8) is 0 Å². The van der Waals surface area contributed by atoms with Crippen LogP contribution in [0.5, 0.6) is 5.75 Å². The predicted octanol–water partition coefficient (Wildman–Crippen LogP) is 6.99. The van der Waals surface area contributed by atoms with Crippen LogP contribution in [0.25, 0.3) is 33.6 Å². The average molecular weight is 597 g/mol. The summed E-state index contributed by atoms with van der Waals surface area (Å²) in [5, 5.41) is 3.78. The van der Waals surface area contributed by atoms with E-state index in [1.165, 1.54) is 6.07 Å². The number of H-pyrrole nitrogens is 1. The normalized spacial score (nSPS) is 11.6. The van der Waals surface area contributed by atoms with E-state index >= 15 is 4.39 Å². The zero-order valence-corrected chi connectivity index (χ0v) is 25.7. The zero-order chi connectivity index (χ0) is 31.4. The van der Waals surface area contributed by atoms with Crippen LogP contribution in [0.4, 0.5) is 4.39 Å². The molecule has 2 heterocycles. The molecule has 0 unspecified atom stereocenters. The third-order valence-corrected chi connectivity index (χ3v) is 7.29.